The van der Waals surface area contributed by atoms with Crippen molar-refractivity contribution in [3.63, 3.8) is 0 Å². The molecule has 0 unspecified atom stereocenters. The molecular weight excluding hydrogens is 491 g/mol. The molecule has 1 amide bonds. The first-order valence-electron chi connectivity index (χ1n) is 12.9. The maximum absolute atomic E-state index is 14.9. The highest BCUT2D eigenvalue weighted by atomic mass is 19.1. The number of benzene rings is 1. The van der Waals surface area contributed by atoms with Gasteiger partial charge in [0.05, 0.1) is 25.4 Å². The van der Waals surface area contributed by atoms with Gasteiger partial charge < -0.3 is 36.3 Å². The standard InChI is InChI=1S/C27H35FN6O4/c1-2-36-12-13-37-14-15-38-27-18-6-5-9-22(17(18)10-11-31-27)32-25-19(24(30)35)16-20(28)26(34-25)33-23-8-4-3-7-21(23)29/h5-6,9-11,16,21,23H,2-4,7-8,12-15,29H2,1H3,(H2,30,35)(H2,32,33,34)/t21-,23+/m0/s1. The molecule has 4 rings (SSSR count). The summed E-state index contributed by atoms with van der Waals surface area (Å²) in [5, 5.41) is 7.82. The number of nitrogens with zero attached hydrogens (tertiary/aromatic N) is 2. The lowest BCUT2D eigenvalue weighted by molar-refractivity contribution is 0.0401. The van der Waals surface area contributed by atoms with Crippen LogP contribution in [0.25, 0.3) is 10.8 Å². The van der Waals surface area contributed by atoms with Gasteiger partial charge in [-0.15, -0.1) is 0 Å². The van der Waals surface area contributed by atoms with Crippen LogP contribution < -0.4 is 26.8 Å². The first kappa shape index (κ1) is 27.5. The fourth-order valence-electron chi connectivity index (χ4n) is 4.48. The number of hydrogen-bond donors (Lipinski definition) is 4. The number of nitrogens with one attached hydrogen (secondary N) is 2. The summed E-state index contributed by atoms with van der Waals surface area (Å²) in [7, 11) is 0. The number of anilines is 3. The van der Waals surface area contributed by atoms with E-state index in [9.17, 15) is 9.18 Å². The lowest BCUT2D eigenvalue weighted by Gasteiger charge is -2.30. The zero-order valence-corrected chi connectivity index (χ0v) is 21.5. The van der Waals surface area contributed by atoms with Crippen LogP contribution in [0, 0.1) is 5.82 Å². The van der Waals surface area contributed by atoms with Gasteiger partial charge in [-0.2, -0.15) is 0 Å². The molecule has 1 aliphatic rings. The summed E-state index contributed by atoms with van der Waals surface area (Å²) in [4.78, 5) is 20.9. The smallest absolute Gasteiger partial charge is 0.252 e. The van der Waals surface area contributed by atoms with Gasteiger partial charge in [0.25, 0.3) is 5.91 Å². The van der Waals surface area contributed by atoms with E-state index >= 15 is 0 Å². The first-order chi connectivity index (χ1) is 18.5. The molecule has 0 saturated heterocycles. The summed E-state index contributed by atoms with van der Waals surface area (Å²) in [5.74, 6) is -0.857. The van der Waals surface area contributed by atoms with E-state index in [2.05, 4.69) is 20.6 Å². The minimum absolute atomic E-state index is 0.0233. The first-order valence-corrected chi connectivity index (χ1v) is 12.9. The normalized spacial score (nSPS) is 17.3. The van der Waals surface area contributed by atoms with Crippen molar-refractivity contribution < 1.29 is 23.4 Å². The zero-order chi connectivity index (χ0) is 26.9. The molecule has 0 radical (unpaired) electrons. The number of primary amides is 1. The summed E-state index contributed by atoms with van der Waals surface area (Å²) in [6, 6.07) is 8.23. The lowest BCUT2D eigenvalue weighted by atomic mass is 9.91. The molecule has 204 valence electrons. The second-order valence-electron chi connectivity index (χ2n) is 9.08. The number of hydrogen-bond acceptors (Lipinski definition) is 9. The second-order valence-corrected chi connectivity index (χ2v) is 9.08. The number of carbonyl (C=O) groups excluding carboxylic acids is 1. The van der Waals surface area contributed by atoms with E-state index in [-0.39, 0.29) is 29.3 Å². The van der Waals surface area contributed by atoms with E-state index in [1.165, 1.54) is 0 Å². The van der Waals surface area contributed by atoms with Crippen LogP contribution in [0.5, 0.6) is 5.88 Å². The highest BCUT2D eigenvalue weighted by molar-refractivity contribution is 6.02. The van der Waals surface area contributed by atoms with Gasteiger partial charge in [0.2, 0.25) is 5.88 Å². The monoisotopic (exact) mass is 526 g/mol. The quantitative estimate of drug-likeness (QED) is 0.245. The lowest BCUT2D eigenvalue weighted by Crippen LogP contribution is -2.43. The number of halogens is 1. The largest absolute Gasteiger partial charge is 0.475 e. The Bertz CT molecular complexity index is 1240. The van der Waals surface area contributed by atoms with Gasteiger partial charge in [0.15, 0.2) is 11.6 Å². The average Bonchev–Trinajstić information content (AvgIpc) is 2.91. The number of nitrogens with two attached hydrogens (primary N) is 2. The Hall–Kier alpha value is -3.54. The topological polar surface area (TPSA) is 147 Å². The van der Waals surface area contributed by atoms with Crippen molar-refractivity contribution in [3.05, 3.63) is 47.9 Å². The summed E-state index contributed by atoms with van der Waals surface area (Å²) < 4.78 is 31.5. The Morgan fingerprint density at radius 1 is 1.08 bits per heavy atom. The predicted molar refractivity (Wildman–Crippen MR) is 144 cm³/mol. The number of carbonyl (C=O) groups is 1. The number of rotatable bonds is 13. The third kappa shape index (κ3) is 6.85. The Labute approximate surface area is 221 Å². The molecule has 3 aromatic rings. The van der Waals surface area contributed by atoms with Crippen molar-refractivity contribution >= 4 is 34.0 Å². The van der Waals surface area contributed by atoms with Gasteiger partial charge in [-0.1, -0.05) is 18.9 Å². The highest BCUT2D eigenvalue weighted by Crippen LogP contribution is 2.32. The Morgan fingerprint density at radius 2 is 1.87 bits per heavy atom. The molecule has 0 bridgehead atoms. The van der Waals surface area contributed by atoms with Crippen LogP contribution in [-0.4, -0.2) is 61.0 Å². The number of pyridine rings is 2. The van der Waals surface area contributed by atoms with E-state index < -0.39 is 11.7 Å². The minimum Gasteiger partial charge on any atom is -0.475 e. The van der Waals surface area contributed by atoms with Crippen LogP contribution in [0.3, 0.4) is 0 Å². The molecule has 2 heterocycles. The molecule has 2 atom stereocenters. The summed E-state index contributed by atoms with van der Waals surface area (Å²) in [5.41, 5.74) is 12.4. The van der Waals surface area contributed by atoms with Crippen molar-refractivity contribution in [1.82, 2.24) is 9.97 Å². The molecule has 38 heavy (non-hydrogen) atoms. The van der Waals surface area contributed by atoms with Gasteiger partial charge in [-0.05, 0) is 44.0 Å². The fraction of sp³-hybridized carbons (Fsp3) is 0.444. The number of fused-ring (bicyclic) bond motifs is 1. The third-order valence-electron chi connectivity index (χ3n) is 6.45. The van der Waals surface area contributed by atoms with Crippen LogP contribution in [-0.2, 0) is 9.47 Å². The van der Waals surface area contributed by atoms with E-state index in [0.29, 0.717) is 44.6 Å². The van der Waals surface area contributed by atoms with E-state index in [4.69, 9.17) is 25.7 Å². The number of ether oxygens (including phenoxy) is 3. The fourth-order valence-corrected chi connectivity index (χ4v) is 4.48. The molecule has 0 spiro atoms. The van der Waals surface area contributed by atoms with Crippen molar-refractivity contribution in [2.45, 2.75) is 44.7 Å². The Balaban J connectivity index is 1.55. The van der Waals surface area contributed by atoms with Crippen LogP contribution in [0.2, 0.25) is 0 Å². The zero-order valence-electron chi connectivity index (χ0n) is 21.5. The molecule has 6 N–H and O–H groups in total. The minimum atomic E-state index is -0.796. The Kier molecular flexibility index (Phi) is 9.63. The van der Waals surface area contributed by atoms with Crippen LogP contribution in [0.15, 0.2) is 36.5 Å². The molecule has 1 fully saturated rings. The van der Waals surface area contributed by atoms with E-state index in [1.54, 1.807) is 6.20 Å². The SMILES string of the molecule is CCOCCOCCOc1nccc2c(Nc3nc(N[C@@H]4CCCC[C@@H]4N)c(F)cc3C(N)=O)cccc12. The molecule has 1 saturated carbocycles. The average molecular weight is 527 g/mol. The molecule has 11 heteroatoms. The van der Waals surface area contributed by atoms with Gasteiger partial charge >= 0.3 is 0 Å². The van der Waals surface area contributed by atoms with E-state index in [1.807, 2.05) is 31.2 Å². The molecular formula is C27H35FN6O4. The third-order valence-corrected chi connectivity index (χ3v) is 6.45. The van der Waals surface area contributed by atoms with Gasteiger partial charge in [-0.25, -0.2) is 14.4 Å². The van der Waals surface area contributed by atoms with Crippen molar-refractivity contribution in [3.8, 4) is 5.88 Å². The maximum atomic E-state index is 14.9. The Morgan fingerprint density at radius 3 is 2.66 bits per heavy atom. The second kappa shape index (κ2) is 13.3. The molecule has 1 aliphatic carbocycles. The summed E-state index contributed by atoms with van der Waals surface area (Å²) in [6.45, 7) is 4.32. The summed E-state index contributed by atoms with van der Waals surface area (Å²) in [6.07, 6.45) is 5.36. The van der Waals surface area contributed by atoms with Crippen molar-refractivity contribution in [2.75, 3.05) is 43.7 Å². The number of aromatic nitrogens is 2. The summed E-state index contributed by atoms with van der Waals surface area (Å²) >= 11 is 0. The van der Waals surface area contributed by atoms with Crippen molar-refractivity contribution in [1.29, 1.82) is 0 Å². The van der Waals surface area contributed by atoms with E-state index in [0.717, 1.165) is 42.5 Å². The maximum Gasteiger partial charge on any atom is 0.252 e. The number of amides is 1. The van der Waals surface area contributed by atoms with Crippen molar-refractivity contribution in [2.24, 2.45) is 11.5 Å². The highest BCUT2D eigenvalue weighted by Gasteiger charge is 2.24. The van der Waals surface area contributed by atoms with Gasteiger partial charge in [0, 0.05) is 41.3 Å². The molecule has 2 aromatic heterocycles. The van der Waals surface area contributed by atoms with Crippen LogP contribution in [0.1, 0.15) is 43.0 Å². The molecule has 0 aliphatic heterocycles. The van der Waals surface area contributed by atoms with Crippen LogP contribution >= 0.6 is 0 Å². The van der Waals surface area contributed by atoms with Gasteiger partial charge in [0.1, 0.15) is 12.4 Å². The molecule has 1 aromatic carbocycles. The predicted octanol–water partition coefficient (Wildman–Crippen LogP) is 3.73. The van der Waals surface area contributed by atoms with Gasteiger partial charge in [-0.3, -0.25) is 4.79 Å². The molecule has 10 nitrogen and oxygen atoms in total. The van der Waals surface area contributed by atoms with Crippen LogP contribution in [0.4, 0.5) is 21.7 Å².